The van der Waals surface area contributed by atoms with Gasteiger partial charge in [0.2, 0.25) is 0 Å². The zero-order chi connectivity index (χ0) is 8.55. The van der Waals surface area contributed by atoms with E-state index in [-0.39, 0.29) is 0 Å². The Morgan fingerprint density at radius 1 is 1.67 bits per heavy atom. The van der Waals surface area contributed by atoms with Crippen molar-refractivity contribution in [2.45, 2.75) is 12.6 Å². The molecule has 1 aromatic rings. The maximum Gasteiger partial charge on any atom is 0.0973 e. The van der Waals surface area contributed by atoms with Gasteiger partial charge in [0.25, 0.3) is 0 Å². The first kappa shape index (κ1) is 8.51. The Bertz CT molecular complexity index is 268. The van der Waals surface area contributed by atoms with Crippen molar-refractivity contribution < 1.29 is 0 Å². The monoisotopic (exact) mass is 202 g/mol. The lowest BCUT2D eigenvalue weighted by Crippen LogP contribution is -2.54. The molecule has 1 fully saturated rings. The highest BCUT2D eigenvalue weighted by Gasteiger charge is 2.23. The average molecular weight is 203 g/mol. The van der Waals surface area contributed by atoms with Crippen molar-refractivity contribution in [2.24, 2.45) is 5.73 Å². The van der Waals surface area contributed by atoms with Crippen molar-refractivity contribution in [3.05, 3.63) is 21.3 Å². The van der Waals surface area contributed by atoms with Crippen LogP contribution >= 0.6 is 22.9 Å². The summed E-state index contributed by atoms with van der Waals surface area (Å²) in [5.41, 5.74) is 6.89. The van der Waals surface area contributed by atoms with Crippen LogP contribution in [-0.2, 0) is 6.54 Å². The van der Waals surface area contributed by atoms with Gasteiger partial charge in [-0.2, -0.15) is 0 Å². The lowest BCUT2D eigenvalue weighted by Gasteiger charge is -2.36. The molecular formula is C8H11ClN2S. The molecule has 1 aromatic heterocycles. The van der Waals surface area contributed by atoms with Gasteiger partial charge in [-0.05, 0) is 17.0 Å². The summed E-state index contributed by atoms with van der Waals surface area (Å²) in [5, 5.41) is 2.03. The maximum atomic E-state index is 5.96. The molecule has 1 saturated heterocycles. The molecule has 0 unspecified atom stereocenters. The fourth-order valence-corrected chi connectivity index (χ4v) is 2.32. The van der Waals surface area contributed by atoms with Crippen molar-refractivity contribution in [3.63, 3.8) is 0 Å². The summed E-state index contributed by atoms with van der Waals surface area (Å²) >= 11 is 7.55. The minimum atomic E-state index is 0.377. The van der Waals surface area contributed by atoms with Crippen LogP contribution in [-0.4, -0.2) is 24.0 Å². The van der Waals surface area contributed by atoms with Crippen LogP contribution in [0.2, 0.25) is 4.34 Å². The molecule has 2 heterocycles. The van der Waals surface area contributed by atoms with Crippen molar-refractivity contribution in [1.82, 2.24) is 4.90 Å². The van der Waals surface area contributed by atoms with E-state index in [0.29, 0.717) is 6.04 Å². The van der Waals surface area contributed by atoms with Crippen LogP contribution in [0, 0.1) is 0 Å². The summed E-state index contributed by atoms with van der Waals surface area (Å²) in [7, 11) is 0. The molecule has 4 heteroatoms. The molecule has 1 aliphatic rings. The standard InChI is InChI=1S/C8H11ClN2S/c9-8-6(1-2-12-8)3-11-4-7(10)5-11/h1-2,7H,3-5,10H2. The quantitative estimate of drug-likeness (QED) is 0.789. The molecule has 0 amide bonds. The van der Waals surface area contributed by atoms with E-state index in [1.165, 1.54) is 5.56 Å². The number of thiophene rings is 1. The largest absolute Gasteiger partial charge is 0.325 e. The van der Waals surface area contributed by atoms with Crippen LogP contribution in [0.25, 0.3) is 0 Å². The van der Waals surface area contributed by atoms with E-state index in [4.69, 9.17) is 17.3 Å². The van der Waals surface area contributed by atoms with Gasteiger partial charge in [-0.25, -0.2) is 0 Å². The Morgan fingerprint density at radius 2 is 2.42 bits per heavy atom. The van der Waals surface area contributed by atoms with Crippen LogP contribution in [0.4, 0.5) is 0 Å². The summed E-state index contributed by atoms with van der Waals surface area (Å²) < 4.78 is 0.912. The number of likely N-dealkylation sites (tertiary alicyclic amines) is 1. The number of nitrogens with two attached hydrogens (primary N) is 1. The predicted octanol–water partition coefficient (Wildman–Crippen LogP) is 1.54. The molecule has 0 bridgehead atoms. The van der Waals surface area contributed by atoms with Gasteiger partial charge in [0, 0.05) is 25.7 Å². The highest BCUT2D eigenvalue weighted by Crippen LogP contribution is 2.25. The van der Waals surface area contributed by atoms with Gasteiger partial charge in [-0.1, -0.05) is 11.6 Å². The van der Waals surface area contributed by atoms with Crippen LogP contribution in [0.15, 0.2) is 11.4 Å². The van der Waals surface area contributed by atoms with Gasteiger partial charge in [0.1, 0.15) is 0 Å². The Morgan fingerprint density at radius 3 is 2.92 bits per heavy atom. The predicted molar refractivity (Wildman–Crippen MR) is 52.6 cm³/mol. The lowest BCUT2D eigenvalue weighted by molar-refractivity contribution is 0.142. The minimum Gasteiger partial charge on any atom is -0.325 e. The molecule has 0 spiro atoms. The number of nitrogens with zero attached hydrogens (tertiary/aromatic N) is 1. The zero-order valence-corrected chi connectivity index (χ0v) is 8.24. The van der Waals surface area contributed by atoms with E-state index in [2.05, 4.69) is 11.0 Å². The van der Waals surface area contributed by atoms with Crippen LogP contribution < -0.4 is 5.73 Å². The van der Waals surface area contributed by atoms with E-state index in [0.717, 1.165) is 24.0 Å². The van der Waals surface area contributed by atoms with Gasteiger partial charge in [-0.15, -0.1) is 11.3 Å². The Kier molecular flexibility index (Phi) is 2.37. The van der Waals surface area contributed by atoms with Crippen molar-refractivity contribution >= 4 is 22.9 Å². The fraction of sp³-hybridized carbons (Fsp3) is 0.500. The van der Waals surface area contributed by atoms with Crippen molar-refractivity contribution in [1.29, 1.82) is 0 Å². The van der Waals surface area contributed by atoms with E-state index in [9.17, 15) is 0 Å². The molecule has 0 atom stereocenters. The summed E-state index contributed by atoms with van der Waals surface area (Å²) in [6.07, 6.45) is 0. The van der Waals surface area contributed by atoms with E-state index >= 15 is 0 Å². The Hall–Kier alpha value is -0.0900. The molecule has 66 valence electrons. The first-order valence-electron chi connectivity index (χ1n) is 3.95. The molecule has 0 saturated carbocycles. The fourth-order valence-electron chi connectivity index (χ4n) is 1.41. The molecule has 0 radical (unpaired) electrons. The van der Waals surface area contributed by atoms with Gasteiger partial charge in [0.15, 0.2) is 0 Å². The van der Waals surface area contributed by atoms with Gasteiger partial charge >= 0.3 is 0 Å². The second-order valence-electron chi connectivity index (χ2n) is 3.17. The minimum absolute atomic E-state index is 0.377. The summed E-state index contributed by atoms with van der Waals surface area (Å²) in [6, 6.07) is 2.46. The number of rotatable bonds is 2. The van der Waals surface area contributed by atoms with Crippen LogP contribution in [0.1, 0.15) is 5.56 Å². The van der Waals surface area contributed by atoms with Crippen molar-refractivity contribution in [2.75, 3.05) is 13.1 Å². The number of halogens is 1. The van der Waals surface area contributed by atoms with Gasteiger partial charge < -0.3 is 5.73 Å². The molecule has 2 nitrogen and oxygen atoms in total. The Labute approximate surface area is 80.9 Å². The first-order chi connectivity index (χ1) is 5.75. The number of hydrogen-bond acceptors (Lipinski definition) is 3. The maximum absolute atomic E-state index is 5.96. The normalized spacial score (nSPS) is 19.5. The zero-order valence-electron chi connectivity index (χ0n) is 6.66. The first-order valence-corrected chi connectivity index (χ1v) is 5.21. The SMILES string of the molecule is NC1CN(Cc2ccsc2Cl)C1. The summed E-state index contributed by atoms with van der Waals surface area (Å²) in [5.74, 6) is 0. The highest BCUT2D eigenvalue weighted by molar-refractivity contribution is 7.14. The molecule has 2 rings (SSSR count). The molecule has 0 aliphatic carbocycles. The van der Waals surface area contributed by atoms with Crippen LogP contribution in [0.5, 0.6) is 0 Å². The van der Waals surface area contributed by atoms with E-state index in [1.807, 2.05) is 5.38 Å². The molecular weight excluding hydrogens is 192 g/mol. The van der Waals surface area contributed by atoms with Crippen LogP contribution in [0.3, 0.4) is 0 Å². The summed E-state index contributed by atoms with van der Waals surface area (Å²) in [4.78, 5) is 2.30. The topological polar surface area (TPSA) is 29.3 Å². The molecule has 1 aliphatic heterocycles. The molecule has 12 heavy (non-hydrogen) atoms. The average Bonchev–Trinajstić information content (AvgIpc) is 2.33. The highest BCUT2D eigenvalue weighted by atomic mass is 35.5. The smallest absolute Gasteiger partial charge is 0.0973 e. The van der Waals surface area contributed by atoms with Gasteiger partial charge in [0.05, 0.1) is 4.34 Å². The second kappa shape index (κ2) is 3.34. The second-order valence-corrected chi connectivity index (χ2v) is 4.69. The van der Waals surface area contributed by atoms with E-state index in [1.54, 1.807) is 11.3 Å². The third-order valence-electron chi connectivity index (χ3n) is 2.07. The molecule has 0 aromatic carbocycles. The third-order valence-corrected chi connectivity index (χ3v) is 3.32. The summed E-state index contributed by atoms with van der Waals surface area (Å²) in [6.45, 7) is 2.97. The third kappa shape index (κ3) is 1.64. The van der Waals surface area contributed by atoms with Crippen molar-refractivity contribution in [3.8, 4) is 0 Å². The van der Waals surface area contributed by atoms with E-state index < -0.39 is 0 Å². The molecule has 2 N–H and O–H groups in total. The van der Waals surface area contributed by atoms with Gasteiger partial charge in [-0.3, -0.25) is 4.90 Å². The Balaban J connectivity index is 1.92. The lowest BCUT2D eigenvalue weighted by atomic mass is 10.1. The number of hydrogen-bond donors (Lipinski definition) is 1.